The van der Waals surface area contributed by atoms with Crippen LogP contribution in [0.25, 0.3) is 11.1 Å². The summed E-state index contributed by atoms with van der Waals surface area (Å²) in [4.78, 5) is 35.3. The highest BCUT2D eigenvalue weighted by Crippen LogP contribution is 2.38. The van der Waals surface area contributed by atoms with Crippen LogP contribution in [0.15, 0.2) is 47.5 Å². The van der Waals surface area contributed by atoms with E-state index >= 15 is 4.39 Å². The number of halogens is 4. The highest BCUT2D eigenvalue weighted by atomic mass is 19.4. The second-order valence-corrected chi connectivity index (χ2v) is 10.8. The van der Waals surface area contributed by atoms with Crippen LogP contribution in [0.2, 0.25) is 0 Å². The Bertz CT molecular complexity index is 1490. The average molecular weight is 574 g/mol. The molecule has 2 atom stereocenters. The zero-order chi connectivity index (χ0) is 29.5. The topological polar surface area (TPSA) is 90.6 Å². The van der Waals surface area contributed by atoms with Gasteiger partial charge in [0.05, 0.1) is 29.1 Å². The smallest absolute Gasteiger partial charge is 0.417 e. The second-order valence-electron chi connectivity index (χ2n) is 10.8. The first kappa shape index (κ1) is 28.6. The normalized spacial score (nSPS) is 19.7. The summed E-state index contributed by atoms with van der Waals surface area (Å²) in [6, 6.07) is 6.41. The summed E-state index contributed by atoms with van der Waals surface area (Å²) >= 11 is 0. The lowest BCUT2D eigenvalue weighted by Gasteiger charge is -2.44. The van der Waals surface area contributed by atoms with Gasteiger partial charge in [-0.3, -0.25) is 14.5 Å². The molecule has 1 saturated heterocycles. The summed E-state index contributed by atoms with van der Waals surface area (Å²) in [6.07, 6.45) is -0.532. The molecule has 1 amide bonds. The Kier molecular flexibility index (Phi) is 7.78. The van der Waals surface area contributed by atoms with Gasteiger partial charge in [-0.1, -0.05) is 0 Å². The fraction of sp³-hybridized carbons (Fsp3) is 0.414. The first-order valence-corrected chi connectivity index (χ1v) is 13.4. The predicted molar refractivity (Wildman–Crippen MR) is 147 cm³/mol. The molecule has 2 unspecified atom stereocenters. The lowest BCUT2D eigenvalue weighted by Crippen LogP contribution is -2.55. The number of ether oxygens (including phenoxy) is 1. The van der Waals surface area contributed by atoms with E-state index in [1.165, 1.54) is 18.3 Å². The maximum absolute atomic E-state index is 15.7. The van der Waals surface area contributed by atoms with E-state index in [0.717, 1.165) is 19.0 Å². The first-order chi connectivity index (χ1) is 19.4. The number of aromatic nitrogens is 2. The van der Waals surface area contributed by atoms with Gasteiger partial charge < -0.3 is 19.9 Å². The van der Waals surface area contributed by atoms with Crippen LogP contribution in [0.3, 0.4) is 0 Å². The van der Waals surface area contributed by atoms with Crippen molar-refractivity contribution in [2.45, 2.75) is 44.9 Å². The van der Waals surface area contributed by atoms with Crippen molar-refractivity contribution in [3.8, 4) is 17.0 Å². The van der Waals surface area contributed by atoms with Gasteiger partial charge in [0.25, 0.3) is 5.91 Å². The molecular weight excluding hydrogens is 542 g/mol. The molecule has 1 aromatic carbocycles. The summed E-state index contributed by atoms with van der Waals surface area (Å²) in [5, 5.41) is 2.57. The number of nitrogens with one attached hydrogen (secondary N) is 2. The second kappa shape index (κ2) is 11.2. The largest absolute Gasteiger partial charge is 0.477 e. The monoisotopic (exact) mass is 573 g/mol. The molecule has 0 radical (unpaired) electrons. The van der Waals surface area contributed by atoms with Crippen molar-refractivity contribution in [2.24, 2.45) is 5.92 Å². The van der Waals surface area contributed by atoms with Crippen molar-refractivity contribution in [3.63, 3.8) is 0 Å². The van der Waals surface area contributed by atoms with Crippen molar-refractivity contribution in [1.82, 2.24) is 14.9 Å². The molecule has 1 aliphatic carbocycles. The molecule has 0 bridgehead atoms. The molecule has 3 heterocycles. The molecule has 2 fully saturated rings. The zero-order valence-corrected chi connectivity index (χ0v) is 22.9. The minimum Gasteiger partial charge on any atom is -0.477 e. The van der Waals surface area contributed by atoms with Gasteiger partial charge in [0.15, 0.2) is 0 Å². The quantitative estimate of drug-likeness (QED) is 0.380. The number of hydrogen-bond donors (Lipinski definition) is 2. The van der Waals surface area contributed by atoms with E-state index in [4.69, 9.17) is 4.74 Å². The number of amides is 1. The molecule has 12 heteroatoms. The van der Waals surface area contributed by atoms with Crippen LogP contribution < -0.4 is 20.5 Å². The lowest BCUT2D eigenvalue weighted by atomic mass is 10.0. The van der Waals surface area contributed by atoms with Gasteiger partial charge in [0.2, 0.25) is 11.4 Å². The molecule has 1 aliphatic heterocycles. The highest BCUT2D eigenvalue weighted by molar-refractivity contribution is 6.07. The van der Waals surface area contributed by atoms with Gasteiger partial charge in [-0.15, -0.1) is 0 Å². The van der Waals surface area contributed by atoms with E-state index < -0.39 is 34.6 Å². The molecular formula is C29H31F4N5O3. The minimum absolute atomic E-state index is 0.0902. The van der Waals surface area contributed by atoms with Crippen LogP contribution in [0.1, 0.15) is 42.6 Å². The zero-order valence-electron chi connectivity index (χ0n) is 22.9. The molecule has 218 valence electrons. The summed E-state index contributed by atoms with van der Waals surface area (Å²) in [7, 11) is 1.99. The van der Waals surface area contributed by atoms with E-state index in [0.29, 0.717) is 48.8 Å². The van der Waals surface area contributed by atoms with Crippen molar-refractivity contribution in [3.05, 3.63) is 70.0 Å². The van der Waals surface area contributed by atoms with E-state index in [-0.39, 0.29) is 23.3 Å². The van der Waals surface area contributed by atoms with Crippen LogP contribution in [0.4, 0.5) is 28.9 Å². The summed E-state index contributed by atoms with van der Waals surface area (Å²) < 4.78 is 62.6. The third-order valence-electron chi connectivity index (χ3n) is 7.72. The Morgan fingerprint density at radius 2 is 1.85 bits per heavy atom. The number of benzene rings is 1. The molecule has 5 rings (SSSR count). The number of H-pyrrole nitrogens is 1. The Morgan fingerprint density at radius 3 is 2.51 bits per heavy atom. The number of anilines is 2. The molecule has 2 aliphatic rings. The Morgan fingerprint density at radius 1 is 1.15 bits per heavy atom. The minimum atomic E-state index is -4.94. The van der Waals surface area contributed by atoms with Crippen LogP contribution >= 0.6 is 0 Å². The Balaban J connectivity index is 1.55. The number of likely N-dealkylation sites (N-methyl/N-ethyl adjacent to an activating group) is 1. The predicted octanol–water partition coefficient (Wildman–Crippen LogP) is 5.16. The van der Waals surface area contributed by atoms with E-state index in [1.807, 2.05) is 25.8 Å². The molecule has 2 aromatic heterocycles. The first-order valence-electron chi connectivity index (χ1n) is 13.4. The molecule has 41 heavy (non-hydrogen) atoms. The van der Waals surface area contributed by atoms with Crippen molar-refractivity contribution >= 4 is 17.3 Å². The number of hydrogen-bond acceptors (Lipinski definition) is 6. The lowest BCUT2D eigenvalue weighted by molar-refractivity contribution is -0.138. The number of carbonyl (C=O) groups excluding carboxylic acids is 1. The maximum atomic E-state index is 15.7. The van der Waals surface area contributed by atoms with Gasteiger partial charge in [0, 0.05) is 55.3 Å². The van der Waals surface area contributed by atoms with Gasteiger partial charge in [-0.2, -0.15) is 13.2 Å². The molecule has 1 saturated carbocycles. The number of alkyl halides is 3. The summed E-state index contributed by atoms with van der Waals surface area (Å²) in [5.41, 5.74) is -2.09. The number of piperazine rings is 1. The maximum Gasteiger partial charge on any atom is 0.417 e. The van der Waals surface area contributed by atoms with Gasteiger partial charge in [-0.05, 0) is 63.4 Å². The molecule has 8 nitrogen and oxygen atoms in total. The molecule has 3 aromatic rings. The number of pyridine rings is 2. The fourth-order valence-corrected chi connectivity index (χ4v) is 4.97. The van der Waals surface area contributed by atoms with E-state index in [2.05, 4.69) is 20.2 Å². The molecule has 0 spiro atoms. The average Bonchev–Trinajstić information content (AvgIpc) is 3.75. The third-order valence-corrected chi connectivity index (χ3v) is 7.72. The van der Waals surface area contributed by atoms with E-state index in [1.54, 1.807) is 12.1 Å². The number of nitrogens with zero attached hydrogens (tertiary/aromatic N) is 3. The van der Waals surface area contributed by atoms with E-state index in [9.17, 15) is 22.8 Å². The van der Waals surface area contributed by atoms with Gasteiger partial charge >= 0.3 is 6.18 Å². The third kappa shape index (κ3) is 6.37. The Hall–Kier alpha value is -3.93. The van der Waals surface area contributed by atoms with Crippen molar-refractivity contribution in [2.75, 3.05) is 37.0 Å². The highest BCUT2D eigenvalue weighted by Gasteiger charge is 2.36. The van der Waals surface area contributed by atoms with Gasteiger partial charge in [-0.25, -0.2) is 9.37 Å². The van der Waals surface area contributed by atoms with Crippen LogP contribution in [0.5, 0.6) is 5.88 Å². The summed E-state index contributed by atoms with van der Waals surface area (Å²) in [6.45, 7) is 5.55. The standard InChI is InChI=1S/C29H31F4N5O3/c1-16-13-38(14-17(2)37(16)3)25-11-23(30)20(19-6-7-34-27(8-19)41-15-18-4-5-18)9-24(25)36-28(40)21-12-35-26(39)10-22(21)29(31,32)33/h6-12,16-18H,4-5,13-15H2,1-3H3,(H,35,39)(H,36,40). The number of carbonyl (C=O) groups is 1. The SMILES string of the molecule is CC1CN(c2cc(F)c(-c3ccnc(OCC4CC4)c3)cc2NC(=O)c2c[nH]c(=O)cc2C(F)(F)F)CC(C)N1C. The molecule has 2 N–H and O–H groups in total. The van der Waals surface area contributed by atoms with Gasteiger partial charge in [0.1, 0.15) is 5.82 Å². The van der Waals surface area contributed by atoms with Crippen LogP contribution in [-0.4, -0.2) is 59.6 Å². The Labute approximate surface area is 234 Å². The fourth-order valence-electron chi connectivity index (χ4n) is 4.97. The summed E-state index contributed by atoms with van der Waals surface area (Å²) in [5.74, 6) is -0.850. The van der Waals surface area contributed by atoms with Crippen molar-refractivity contribution in [1.29, 1.82) is 0 Å². The number of aromatic amines is 1. The number of rotatable bonds is 7. The van der Waals surface area contributed by atoms with Crippen LogP contribution in [-0.2, 0) is 6.18 Å². The van der Waals surface area contributed by atoms with Crippen LogP contribution in [0, 0.1) is 11.7 Å². The van der Waals surface area contributed by atoms with Crippen molar-refractivity contribution < 1.29 is 27.1 Å².